The molecule has 1 aromatic rings. The number of unbranched alkanes of at least 4 members (excludes halogenated alkanes) is 1. The minimum Gasteiger partial charge on any atom is -0.542 e. The minimum atomic E-state index is -1.93. The first-order chi connectivity index (χ1) is 10.4. The van der Waals surface area contributed by atoms with Crippen molar-refractivity contribution in [3.8, 4) is 5.75 Å². The predicted molar refractivity (Wildman–Crippen MR) is 106 cm³/mol. The fraction of sp³-hybridized carbons (Fsp3) is 0.667. The van der Waals surface area contributed by atoms with Crippen LogP contribution in [0, 0.1) is 0 Å². The molecule has 0 spiro atoms. The highest BCUT2D eigenvalue weighted by atomic mass is 35.5. The molecule has 0 fully saturated rings. The van der Waals surface area contributed by atoms with Crippen molar-refractivity contribution in [1.29, 1.82) is 0 Å². The third-order valence-corrected chi connectivity index (χ3v) is 9.67. The number of nitrogens with zero attached hydrogens (tertiary/aromatic N) is 1. The Morgan fingerprint density at radius 2 is 1.70 bits per heavy atom. The molecule has 0 atom stereocenters. The van der Waals surface area contributed by atoms with Gasteiger partial charge < -0.3 is 9.33 Å². The van der Waals surface area contributed by atoms with Gasteiger partial charge in [0.1, 0.15) is 5.75 Å². The molecule has 0 aromatic heterocycles. The van der Waals surface area contributed by atoms with Crippen molar-refractivity contribution in [3.05, 3.63) is 27.7 Å². The van der Waals surface area contributed by atoms with Gasteiger partial charge in [0.05, 0.1) is 10.0 Å². The van der Waals surface area contributed by atoms with Crippen molar-refractivity contribution >= 4 is 31.5 Å². The number of benzene rings is 1. The number of hydrogen-bond donors (Lipinski definition) is 0. The Bertz CT molecular complexity index is 524. The molecule has 0 bridgehead atoms. The van der Waals surface area contributed by atoms with E-state index in [0.717, 1.165) is 25.1 Å². The topological polar surface area (TPSA) is 12.5 Å². The number of aryl methyl sites for hydroxylation is 1. The van der Waals surface area contributed by atoms with E-state index in [2.05, 4.69) is 58.9 Å². The maximum absolute atomic E-state index is 6.38. The Hall–Kier alpha value is -0.223. The molecule has 2 nitrogen and oxygen atoms in total. The van der Waals surface area contributed by atoms with Crippen LogP contribution in [0.2, 0.25) is 28.2 Å². The molecule has 0 saturated heterocycles. The zero-order chi connectivity index (χ0) is 17.8. The van der Waals surface area contributed by atoms with E-state index in [4.69, 9.17) is 27.6 Å². The van der Waals surface area contributed by atoms with Crippen LogP contribution >= 0.6 is 23.2 Å². The molecule has 5 heteroatoms. The second-order valence-electron chi connectivity index (χ2n) is 8.01. The lowest BCUT2D eigenvalue weighted by Crippen LogP contribution is -2.43. The summed E-state index contributed by atoms with van der Waals surface area (Å²) in [6.07, 6.45) is 3.31. The Labute approximate surface area is 153 Å². The quantitative estimate of drug-likeness (QED) is 0.411. The summed E-state index contributed by atoms with van der Waals surface area (Å²) in [5.74, 6) is 0.744. The van der Waals surface area contributed by atoms with Gasteiger partial charge >= 0.3 is 0 Å². The SMILES string of the molecule is CN(C)CCCCc1cc(Cl)c(Cl)c(O[Si](C)(C)C(C)(C)C)c1. The van der Waals surface area contributed by atoms with Gasteiger partial charge in [-0.3, -0.25) is 0 Å². The molecule has 0 saturated carbocycles. The normalized spacial score (nSPS) is 12.8. The second kappa shape index (κ2) is 8.24. The first-order valence-corrected chi connectivity index (χ1v) is 11.9. The van der Waals surface area contributed by atoms with Crippen LogP contribution < -0.4 is 4.43 Å². The van der Waals surface area contributed by atoms with Crippen molar-refractivity contribution in [1.82, 2.24) is 4.90 Å². The van der Waals surface area contributed by atoms with Crippen molar-refractivity contribution in [3.63, 3.8) is 0 Å². The van der Waals surface area contributed by atoms with Gasteiger partial charge in [-0.2, -0.15) is 0 Å². The van der Waals surface area contributed by atoms with Crippen molar-refractivity contribution in [2.45, 2.75) is 58.2 Å². The van der Waals surface area contributed by atoms with Crippen molar-refractivity contribution < 1.29 is 4.43 Å². The molecule has 132 valence electrons. The smallest absolute Gasteiger partial charge is 0.250 e. The average molecular weight is 376 g/mol. The van der Waals surface area contributed by atoms with Gasteiger partial charge in [-0.05, 0) is 75.7 Å². The lowest BCUT2D eigenvalue weighted by atomic mass is 10.1. The third-order valence-electron chi connectivity index (χ3n) is 4.55. The van der Waals surface area contributed by atoms with Crippen molar-refractivity contribution in [2.75, 3.05) is 20.6 Å². The summed E-state index contributed by atoms with van der Waals surface area (Å²) in [6.45, 7) is 12.2. The van der Waals surface area contributed by atoms with E-state index < -0.39 is 8.32 Å². The molecule has 23 heavy (non-hydrogen) atoms. The highest BCUT2D eigenvalue weighted by Gasteiger charge is 2.39. The average Bonchev–Trinajstić information content (AvgIpc) is 2.38. The zero-order valence-corrected chi connectivity index (χ0v) is 18.1. The van der Waals surface area contributed by atoms with Gasteiger partial charge in [0.25, 0.3) is 8.32 Å². The standard InChI is InChI=1S/C18H31Cl2NOSi/c1-18(2,3)23(6,7)22-16-13-14(12-15(19)17(16)20)10-8-9-11-21(4)5/h12-13H,8-11H2,1-7H3. The van der Waals surface area contributed by atoms with E-state index in [-0.39, 0.29) is 5.04 Å². The summed E-state index contributed by atoms with van der Waals surface area (Å²) in [4.78, 5) is 2.21. The van der Waals surface area contributed by atoms with Gasteiger partial charge in [0.15, 0.2) is 0 Å². The summed E-state index contributed by atoms with van der Waals surface area (Å²) < 4.78 is 6.38. The minimum absolute atomic E-state index is 0.129. The number of halogens is 2. The molecule has 0 unspecified atom stereocenters. The summed E-state index contributed by atoms with van der Waals surface area (Å²) >= 11 is 12.7. The molecule has 0 radical (unpaired) electrons. The molecule has 0 N–H and O–H groups in total. The molecule has 1 rings (SSSR count). The zero-order valence-electron chi connectivity index (χ0n) is 15.6. The first kappa shape index (κ1) is 20.8. The summed E-state index contributed by atoms with van der Waals surface area (Å²) in [5.41, 5.74) is 1.20. The highest BCUT2D eigenvalue weighted by Crippen LogP contribution is 2.41. The first-order valence-electron chi connectivity index (χ1n) is 8.26. The van der Waals surface area contributed by atoms with Crippen molar-refractivity contribution in [2.24, 2.45) is 0 Å². The van der Waals surface area contributed by atoms with Crippen LogP contribution in [0.4, 0.5) is 0 Å². The molecular weight excluding hydrogens is 345 g/mol. The van der Waals surface area contributed by atoms with Gasteiger partial charge in [-0.1, -0.05) is 44.0 Å². The van der Waals surface area contributed by atoms with Crippen LogP contribution in [-0.2, 0) is 6.42 Å². The van der Waals surface area contributed by atoms with E-state index in [1.54, 1.807) is 0 Å². The Balaban J connectivity index is 2.88. The van der Waals surface area contributed by atoms with Crippen LogP contribution in [0.25, 0.3) is 0 Å². The largest absolute Gasteiger partial charge is 0.542 e. The molecule has 0 amide bonds. The van der Waals surface area contributed by atoms with Crippen LogP contribution in [0.1, 0.15) is 39.2 Å². The Morgan fingerprint density at radius 1 is 1.09 bits per heavy atom. The fourth-order valence-corrected chi connectivity index (χ4v) is 3.48. The maximum atomic E-state index is 6.38. The number of hydrogen-bond acceptors (Lipinski definition) is 2. The molecule has 0 aliphatic carbocycles. The van der Waals surface area contributed by atoms with E-state index >= 15 is 0 Å². The van der Waals surface area contributed by atoms with Gasteiger partial charge in [-0.15, -0.1) is 0 Å². The summed E-state index contributed by atoms with van der Waals surface area (Å²) in [7, 11) is 2.28. The van der Waals surface area contributed by atoms with Gasteiger partial charge in [0, 0.05) is 0 Å². The van der Waals surface area contributed by atoms with Gasteiger partial charge in [0.2, 0.25) is 0 Å². The molecule has 0 heterocycles. The third kappa shape index (κ3) is 6.30. The molecular formula is C18H31Cl2NOSi. The van der Waals surface area contributed by atoms with E-state index in [1.807, 2.05) is 6.07 Å². The predicted octanol–water partition coefficient (Wildman–Crippen LogP) is 6.26. The van der Waals surface area contributed by atoms with Crippen LogP contribution in [0.3, 0.4) is 0 Å². The maximum Gasteiger partial charge on any atom is 0.250 e. The Kier molecular flexibility index (Phi) is 7.46. The fourth-order valence-electron chi connectivity index (χ4n) is 2.02. The molecule has 0 aliphatic rings. The van der Waals surface area contributed by atoms with Crippen LogP contribution in [0.5, 0.6) is 5.75 Å². The van der Waals surface area contributed by atoms with E-state index in [9.17, 15) is 0 Å². The van der Waals surface area contributed by atoms with Crippen LogP contribution in [0.15, 0.2) is 12.1 Å². The highest BCUT2D eigenvalue weighted by molar-refractivity contribution is 6.74. The van der Waals surface area contributed by atoms with E-state index in [1.165, 1.54) is 12.0 Å². The van der Waals surface area contributed by atoms with Crippen LogP contribution in [-0.4, -0.2) is 33.9 Å². The molecule has 0 aliphatic heterocycles. The lowest BCUT2D eigenvalue weighted by molar-refractivity contribution is 0.394. The number of rotatable bonds is 7. The van der Waals surface area contributed by atoms with E-state index in [0.29, 0.717) is 10.0 Å². The monoisotopic (exact) mass is 375 g/mol. The van der Waals surface area contributed by atoms with Gasteiger partial charge in [-0.25, -0.2) is 0 Å². The second-order valence-corrected chi connectivity index (χ2v) is 13.5. The molecule has 1 aromatic carbocycles. The summed E-state index contributed by atoms with van der Waals surface area (Å²) in [6, 6.07) is 4.04. The lowest BCUT2D eigenvalue weighted by Gasteiger charge is -2.36. The summed E-state index contributed by atoms with van der Waals surface area (Å²) in [5, 5.41) is 1.25. The Morgan fingerprint density at radius 3 is 2.22 bits per heavy atom.